The van der Waals surface area contributed by atoms with E-state index in [0.29, 0.717) is 48.0 Å². The van der Waals surface area contributed by atoms with E-state index in [2.05, 4.69) is 21.3 Å². The second-order valence-corrected chi connectivity index (χ2v) is 8.18. The SMILES string of the molecule is COc1ccc(C)cc1NC(=O)C1CCN(c2c(C#N)cnc3ccc(Cl)cc23)CC1. The van der Waals surface area contributed by atoms with Gasteiger partial charge in [0.25, 0.3) is 0 Å². The number of nitrogens with zero attached hydrogens (tertiary/aromatic N) is 3. The van der Waals surface area contributed by atoms with Gasteiger partial charge in [0.1, 0.15) is 11.8 Å². The number of carbonyl (C=O) groups is 1. The number of methoxy groups -OCH3 is 1. The Morgan fingerprint density at radius 1 is 1.26 bits per heavy atom. The fraction of sp³-hybridized carbons (Fsp3) is 0.292. The quantitative estimate of drug-likeness (QED) is 0.629. The first-order chi connectivity index (χ1) is 15.0. The van der Waals surface area contributed by atoms with Crippen LogP contribution < -0.4 is 15.0 Å². The summed E-state index contributed by atoms with van der Waals surface area (Å²) in [6.07, 6.45) is 2.98. The summed E-state index contributed by atoms with van der Waals surface area (Å²) in [6, 6.07) is 13.5. The minimum atomic E-state index is -0.108. The number of aryl methyl sites for hydroxylation is 1. The number of piperidine rings is 1. The molecule has 0 atom stereocenters. The third-order valence-electron chi connectivity index (χ3n) is 5.72. The highest BCUT2D eigenvalue weighted by Gasteiger charge is 2.28. The molecule has 0 aliphatic carbocycles. The number of amides is 1. The number of hydrogen-bond acceptors (Lipinski definition) is 5. The van der Waals surface area contributed by atoms with E-state index in [1.54, 1.807) is 19.4 Å². The number of anilines is 2. The van der Waals surface area contributed by atoms with Gasteiger partial charge in [-0.1, -0.05) is 17.7 Å². The van der Waals surface area contributed by atoms with Gasteiger partial charge < -0.3 is 15.0 Å². The molecule has 7 heteroatoms. The zero-order valence-corrected chi connectivity index (χ0v) is 18.2. The molecule has 0 spiro atoms. The highest BCUT2D eigenvalue weighted by Crippen LogP contribution is 2.34. The van der Waals surface area contributed by atoms with Crippen molar-refractivity contribution in [3.05, 3.63) is 58.7 Å². The maximum absolute atomic E-state index is 12.9. The van der Waals surface area contributed by atoms with E-state index in [1.807, 2.05) is 37.3 Å². The molecule has 1 aliphatic rings. The van der Waals surface area contributed by atoms with Crippen LogP contribution in [0.2, 0.25) is 5.02 Å². The number of halogens is 1. The van der Waals surface area contributed by atoms with Gasteiger partial charge in [0, 0.05) is 35.6 Å². The molecule has 0 bridgehead atoms. The van der Waals surface area contributed by atoms with Crippen molar-refractivity contribution < 1.29 is 9.53 Å². The van der Waals surface area contributed by atoms with Crippen LogP contribution in [0.3, 0.4) is 0 Å². The van der Waals surface area contributed by atoms with Crippen LogP contribution >= 0.6 is 11.6 Å². The topological polar surface area (TPSA) is 78.2 Å². The molecular weight excluding hydrogens is 412 g/mol. The van der Waals surface area contributed by atoms with Crippen molar-refractivity contribution in [2.24, 2.45) is 5.92 Å². The van der Waals surface area contributed by atoms with Crippen LogP contribution in [0.1, 0.15) is 24.0 Å². The van der Waals surface area contributed by atoms with E-state index in [9.17, 15) is 10.1 Å². The number of carbonyl (C=O) groups excluding carboxylic acids is 1. The Kier molecular flexibility index (Phi) is 5.97. The average Bonchev–Trinajstić information content (AvgIpc) is 2.78. The first-order valence-electron chi connectivity index (χ1n) is 10.2. The zero-order chi connectivity index (χ0) is 22.0. The lowest BCUT2D eigenvalue weighted by Crippen LogP contribution is -2.38. The zero-order valence-electron chi connectivity index (χ0n) is 17.5. The first-order valence-corrected chi connectivity index (χ1v) is 10.6. The van der Waals surface area contributed by atoms with Crippen molar-refractivity contribution in [1.29, 1.82) is 5.26 Å². The minimum Gasteiger partial charge on any atom is -0.495 e. The van der Waals surface area contributed by atoms with Crippen molar-refractivity contribution in [3.63, 3.8) is 0 Å². The van der Waals surface area contributed by atoms with Crippen LogP contribution in [0.15, 0.2) is 42.6 Å². The van der Waals surface area contributed by atoms with E-state index in [1.165, 1.54) is 0 Å². The summed E-state index contributed by atoms with van der Waals surface area (Å²) in [5.41, 5.74) is 3.90. The number of benzene rings is 2. The largest absolute Gasteiger partial charge is 0.495 e. The summed E-state index contributed by atoms with van der Waals surface area (Å²) < 4.78 is 5.37. The number of nitriles is 1. The molecule has 0 saturated carbocycles. The Balaban J connectivity index is 1.52. The predicted molar refractivity (Wildman–Crippen MR) is 123 cm³/mol. The Bertz CT molecular complexity index is 1180. The third-order valence-corrected chi connectivity index (χ3v) is 5.95. The molecule has 1 amide bonds. The summed E-state index contributed by atoms with van der Waals surface area (Å²) in [5, 5.41) is 14.1. The number of hydrogen-bond donors (Lipinski definition) is 1. The van der Waals surface area contributed by atoms with Crippen molar-refractivity contribution >= 4 is 39.8 Å². The van der Waals surface area contributed by atoms with Gasteiger partial charge in [-0.2, -0.15) is 5.26 Å². The number of fused-ring (bicyclic) bond motifs is 1. The van der Waals surface area contributed by atoms with E-state index in [-0.39, 0.29) is 11.8 Å². The van der Waals surface area contributed by atoms with E-state index >= 15 is 0 Å². The Labute approximate surface area is 186 Å². The minimum absolute atomic E-state index is 0.00770. The molecule has 1 N–H and O–H groups in total. The van der Waals surface area contributed by atoms with Gasteiger partial charge in [0.05, 0.1) is 29.6 Å². The van der Waals surface area contributed by atoms with Crippen molar-refractivity contribution in [2.75, 3.05) is 30.4 Å². The number of aromatic nitrogens is 1. The second kappa shape index (κ2) is 8.83. The van der Waals surface area contributed by atoms with Crippen molar-refractivity contribution in [3.8, 4) is 11.8 Å². The summed E-state index contributed by atoms with van der Waals surface area (Å²) in [7, 11) is 1.59. The number of pyridine rings is 1. The third kappa shape index (κ3) is 4.28. The Morgan fingerprint density at radius 2 is 2.03 bits per heavy atom. The molecule has 158 valence electrons. The molecule has 1 saturated heterocycles. The lowest BCUT2D eigenvalue weighted by Gasteiger charge is -2.34. The maximum Gasteiger partial charge on any atom is 0.227 e. The normalized spacial score (nSPS) is 14.3. The number of rotatable bonds is 4. The predicted octanol–water partition coefficient (Wildman–Crippen LogP) is 4.93. The standard InChI is InChI=1S/C24H23ClN4O2/c1-15-3-6-22(31-2)21(11-15)28-24(30)16-7-9-29(10-8-16)23-17(13-26)14-27-20-5-4-18(25)12-19(20)23/h3-6,11-12,14,16H,7-10H2,1-2H3,(H,28,30). The lowest BCUT2D eigenvalue weighted by atomic mass is 9.94. The van der Waals surface area contributed by atoms with Gasteiger partial charge in [-0.25, -0.2) is 0 Å². The van der Waals surface area contributed by atoms with Crippen molar-refractivity contribution in [1.82, 2.24) is 4.98 Å². The summed E-state index contributed by atoms with van der Waals surface area (Å²) in [4.78, 5) is 19.4. The van der Waals surface area contributed by atoms with Gasteiger partial charge in [-0.3, -0.25) is 9.78 Å². The lowest BCUT2D eigenvalue weighted by molar-refractivity contribution is -0.120. The molecule has 2 heterocycles. The number of nitrogens with one attached hydrogen (secondary N) is 1. The summed E-state index contributed by atoms with van der Waals surface area (Å²) >= 11 is 6.21. The molecule has 4 rings (SSSR count). The smallest absolute Gasteiger partial charge is 0.227 e. The molecule has 6 nitrogen and oxygen atoms in total. The molecule has 31 heavy (non-hydrogen) atoms. The molecular formula is C24H23ClN4O2. The first kappa shape index (κ1) is 21.0. The molecule has 1 fully saturated rings. The average molecular weight is 435 g/mol. The van der Waals surface area contributed by atoms with Gasteiger partial charge in [-0.15, -0.1) is 0 Å². The molecule has 3 aromatic rings. The molecule has 0 unspecified atom stereocenters. The second-order valence-electron chi connectivity index (χ2n) is 7.75. The molecule has 1 aromatic heterocycles. The highest BCUT2D eigenvalue weighted by atomic mass is 35.5. The van der Waals surface area contributed by atoms with Crippen molar-refractivity contribution in [2.45, 2.75) is 19.8 Å². The fourth-order valence-corrected chi connectivity index (χ4v) is 4.27. The summed E-state index contributed by atoms with van der Waals surface area (Å²) in [5.74, 6) is 0.533. The monoisotopic (exact) mass is 434 g/mol. The van der Waals surface area contributed by atoms with E-state index in [4.69, 9.17) is 16.3 Å². The van der Waals surface area contributed by atoms with Crippen LogP contribution in [0.5, 0.6) is 5.75 Å². The molecule has 2 aromatic carbocycles. The van der Waals surface area contributed by atoms with E-state index < -0.39 is 0 Å². The molecule has 0 radical (unpaired) electrons. The van der Waals surface area contributed by atoms with E-state index in [0.717, 1.165) is 22.2 Å². The van der Waals surface area contributed by atoms with Gasteiger partial charge >= 0.3 is 0 Å². The maximum atomic E-state index is 12.9. The molecule has 1 aliphatic heterocycles. The number of ether oxygens (including phenoxy) is 1. The van der Waals surface area contributed by atoms with Crippen LogP contribution in [0, 0.1) is 24.2 Å². The fourth-order valence-electron chi connectivity index (χ4n) is 4.09. The van der Waals surface area contributed by atoms with Gasteiger partial charge in [0.2, 0.25) is 5.91 Å². The van der Waals surface area contributed by atoms with Crippen LogP contribution in [-0.4, -0.2) is 31.1 Å². The van der Waals surface area contributed by atoms with Crippen LogP contribution in [0.4, 0.5) is 11.4 Å². The highest BCUT2D eigenvalue weighted by molar-refractivity contribution is 6.31. The van der Waals surface area contributed by atoms with Crippen LogP contribution in [0.25, 0.3) is 10.9 Å². The van der Waals surface area contributed by atoms with Crippen LogP contribution in [-0.2, 0) is 4.79 Å². The Hall–Kier alpha value is -3.30. The summed E-state index contributed by atoms with van der Waals surface area (Å²) in [6.45, 7) is 3.32. The van der Waals surface area contributed by atoms with Gasteiger partial charge in [0.15, 0.2) is 0 Å². The Morgan fingerprint density at radius 3 is 2.74 bits per heavy atom. The van der Waals surface area contributed by atoms with Gasteiger partial charge in [-0.05, 0) is 55.7 Å².